The molecule has 0 fully saturated rings. The summed E-state index contributed by atoms with van der Waals surface area (Å²) in [6.07, 6.45) is 16.9. The molecule has 6 aromatic carbocycles. The molecule has 0 bridgehead atoms. The number of para-hydroxylation sites is 2. The van der Waals surface area contributed by atoms with Gasteiger partial charge in [0.15, 0.2) is 0 Å². The van der Waals surface area contributed by atoms with Crippen molar-refractivity contribution in [1.82, 2.24) is 4.57 Å². The molecule has 1 atom stereocenters. The Bertz CT molecular complexity index is 2640. The van der Waals surface area contributed by atoms with Crippen LogP contribution in [0.25, 0.3) is 38.8 Å². The normalized spacial score (nSPS) is 17.0. The van der Waals surface area contributed by atoms with E-state index in [4.69, 9.17) is 0 Å². The number of anilines is 2. The highest BCUT2D eigenvalue weighted by Crippen LogP contribution is 2.63. The predicted octanol–water partition coefficient (Wildman–Crippen LogP) is 12.1. The van der Waals surface area contributed by atoms with Crippen molar-refractivity contribution in [2.24, 2.45) is 5.92 Å². The third-order valence-electron chi connectivity index (χ3n) is 11.5. The van der Waals surface area contributed by atoms with E-state index in [1.54, 1.807) is 0 Å². The van der Waals surface area contributed by atoms with Crippen LogP contribution in [0.3, 0.4) is 0 Å². The Balaban J connectivity index is 1.17. The maximum Gasteiger partial charge on any atom is 0.0727 e. The summed E-state index contributed by atoms with van der Waals surface area (Å²) in [6.45, 7) is 0. The van der Waals surface area contributed by atoms with Crippen molar-refractivity contribution in [2.45, 2.75) is 11.8 Å². The van der Waals surface area contributed by atoms with E-state index in [2.05, 4.69) is 198 Å². The fourth-order valence-corrected chi connectivity index (χ4v) is 9.34. The summed E-state index contributed by atoms with van der Waals surface area (Å²) in [6, 6.07) is 54.2. The van der Waals surface area contributed by atoms with Crippen molar-refractivity contribution < 1.29 is 0 Å². The maximum atomic E-state index is 2.49. The number of fused-ring (bicyclic) bond motifs is 12. The summed E-state index contributed by atoms with van der Waals surface area (Å²) >= 11 is 0. The van der Waals surface area contributed by atoms with E-state index in [0.717, 1.165) is 12.1 Å². The van der Waals surface area contributed by atoms with Crippen LogP contribution in [0.1, 0.15) is 28.7 Å². The van der Waals surface area contributed by atoms with Gasteiger partial charge in [0.05, 0.1) is 10.9 Å². The van der Waals surface area contributed by atoms with Gasteiger partial charge >= 0.3 is 0 Å². The van der Waals surface area contributed by atoms with Crippen LogP contribution >= 0.6 is 0 Å². The Hall–Kier alpha value is -6.38. The second-order valence-corrected chi connectivity index (χ2v) is 14.1. The average Bonchev–Trinajstić information content (AvgIpc) is 3.85. The number of nitrogens with zero attached hydrogens (tertiary/aromatic N) is 2. The minimum atomic E-state index is -0.462. The molecular weight excluding hydrogens is 617 g/mol. The number of aromatic nitrogens is 1. The van der Waals surface area contributed by atoms with Crippen LogP contribution in [0.4, 0.5) is 11.4 Å². The zero-order valence-electron chi connectivity index (χ0n) is 28.1. The lowest BCUT2D eigenvalue weighted by molar-refractivity contribution is 0.768. The molecule has 2 heteroatoms. The largest absolute Gasteiger partial charge is 0.317 e. The smallest absolute Gasteiger partial charge is 0.0727 e. The van der Waals surface area contributed by atoms with Crippen LogP contribution in [0.5, 0.6) is 0 Å². The van der Waals surface area contributed by atoms with Gasteiger partial charge in [0.25, 0.3) is 0 Å². The quantitative estimate of drug-likeness (QED) is 0.184. The molecule has 1 aromatic heterocycles. The Morgan fingerprint density at radius 2 is 1.25 bits per heavy atom. The molecule has 0 radical (unpaired) electrons. The molecule has 1 spiro atoms. The monoisotopic (exact) mass is 650 g/mol. The second-order valence-electron chi connectivity index (χ2n) is 14.1. The first-order chi connectivity index (χ1) is 25.3. The van der Waals surface area contributed by atoms with Gasteiger partial charge in [-0.2, -0.15) is 0 Å². The highest BCUT2D eigenvalue weighted by atomic mass is 15.1. The number of benzene rings is 6. The molecule has 2 nitrogen and oxygen atoms in total. The van der Waals surface area contributed by atoms with Gasteiger partial charge in [-0.3, -0.25) is 0 Å². The van der Waals surface area contributed by atoms with Crippen molar-refractivity contribution in [3.8, 4) is 27.9 Å². The topological polar surface area (TPSA) is 8.17 Å². The molecule has 11 rings (SSSR count). The van der Waals surface area contributed by atoms with E-state index in [0.29, 0.717) is 5.92 Å². The number of hydrogen-bond donors (Lipinski definition) is 0. The summed E-state index contributed by atoms with van der Waals surface area (Å²) in [4.78, 5) is 2.45. The summed E-state index contributed by atoms with van der Waals surface area (Å²) in [5, 5.41) is 1.25. The molecule has 0 N–H and O–H groups in total. The fraction of sp³-hybridized carbons (Fsp3) is 0.0612. The van der Waals surface area contributed by atoms with Crippen molar-refractivity contribution in [3.05, 3.63) is 222 Å². The summed E-state index contributed by atoms with van der Waals surface area (Å²) in [5.41, 5.74) is 17.5. The average molecular weight is 651 g/mol. The van der Waals surface area contributed by atoms with Crippen LogP contribution in [0, 0.1) is 5.92 Å². The lowest BCUT2D eigenvalue weighted by atomic mass is 9.70. The van der Waals surface area contributed by atoms with Crippen molar-refractivity contribution >= 4 is 22.3 Å². The highest BCUT2D eigenvalue weighted by molar-refractivity contribution is 5.96. The first-order valence-corrected chi connectivity index (χ1v) is 18.0. The van der Waals surface area contributed by atoms with Gasteiger partial charge < -0.3 is 9.47 Å². The fourth-order valence-electron chi connectivity index (χ4n) is 9.34. The molecule has 7 aromatic rings. The van der Waals surface area contributed by atoms with Crippen LogP contribution in [-0.4, -0.2) is 4.57 Å². The minimum absolute atomic E-state index is 0.437. The van der Waals surface area contributed by atoms with Crippen LogP contribution in [0.2, 0.25) is 0 Å². The summed E-state index contributed by atoms with van der Waals surface area (Å²) in [5.74, 6) is 0.437. The molecule has 51 heavy (non-hydrogen) atoms. The molecule has 0 aliphatic heterocycles. The van der Waals surface area contributed by atoms with Gasteiger partial charge in [-0.05, 0) is 116 Å². The molecule has 1 unspecified atom stereocenters. The molecule has 4 aliphatic carbocycles. The molecule has 4 aliphatic rings. The van der Waals surface area contributed by atoms with Gasteiger partial charge in [-0.25, -0.2) is 0 Å². The Labute approximate surface area is 298 Å². The van der Waals surface area contributed by atoms with E-state index in [1.165, 1.54) is 78.1 Å². The summed E-state index contributed by atoms with van der Waals surface area (Å²) < 4.78 is 2.34. The van der Waals surface area contributed by atoms with Crippen LogP contribution in [0.15, 0.2) is 200 Å². The first-order valence-electron chi connectivity index (χ1n) is 18.0. The van der Waals surface area contributed by atoms with E-state index in [1.807, 2.05) is 0 Å². The highest BCUT2D eigenvalue weighted by Gasteiger charge is 2.52. The Kier molecular flexibility index (Phi) is 6.03. The van der Waals surface area contributed by atoms with E-state index < -0.39 is 5.41 Å². The first kappa shape index (κ1) is 28.5. The van der Waals surface area contributed by atoms with Gasteiger partial charge in [0.1, 0.15) is 0 Å². The van der Waals surface area contributed by atoms with E-state index in [9.17, 15) is 0 Å². The third-order valence-corrected chi connectivity index (χ3v) is 11.5. The van der Waals surface area contributed by atoms with E-state index in [-0.39, 0.29) is 0 Å². The lowest BCUT2D eigenvalue weighted by Crippen LogP contribution is -2.26. The number of rotatable bonds is 4. The molecule has 0 saturated carbocycles. The molecular formula is C49H34N2. The maximum absolute atomic E-state index is 2.49. The standard InChI is InChI=1S/C49H34N2/c1-2-15-36(16-3-1)51(38-23-22-33-12-4-5-14-35(33)30-38)39-25-27-43-42-26-24-37(50-29-28-34-13-6-11-21-48(34)50)31-46(42)49(47(43)32-39)44-19-9-7-17-40(44)41-18-8-10-20-45(41)49/h1-21,23-33H,22H2. The van der Waals surface area contributed by atoms with Crippen LogP contribution in [-0.2, 0) is 5.41 Å². The molecule has 0 saturated heterocycles. The number of allylic oxidation sites excluding steroid dienone is 7. The third kappa shape index (κ3) is 3.99. The van der Waals surface area contributed by atoms with E-state index >= 15 is 0 Å². The summed E-state index contributed by atoms with van der Waals surface area (Å²) in [7, 11) is 0. The lowest BCUT2D eigenvalue weighted by Gasteiger charge is -2.33. The minimum Gasteiger partial charge on any atom is -0.317 e. The number of hydrogen-bond acceptors (Lipinski definition) is 1. The molecule has 1 heterocycles. The Morgan fingerprint density at radius 1 is 0.569 bits per heavy atom. The van der Waals surface area contributed by atoms with Gasteiger partial charge in [0, 0.05) is 34.9 Å². The molecule has 0 amide bonds. The predicted molar refractivity (Wildman–Crippen MR) is 211 cm³/mol. The van der Waals surface area contributed by atoms with Gasteiger partial charge in [-0.1, -0.05) is 127 Å². The van der Waals surface area contributed by atoms with Gasteiger partial charge in [0.2, 0.25) is 0 Å². The van der Waals surface area contributed by atoms with Crippen molar-refractivity contribution in [1.29, 1.82) is 0 Å². The molecule has 240 valence electrons. The Morgan fingerprint density at radius 3 is 2.08 bits per heavy atom. The zero-order valence-corrected chi connectivity index (χ0v) is 28.1. The second kappa shape index (κ2) is 10.8. The SMILES string of the molecule is C1=CC2=CC(N(c3ccccc3)c3ccc4c(c3)C3(c5ccccc5-c5ccccc53)c3cc(-n5ccc6ccccc65)ccc3-4)=CCC2C=C1. The zero-order chi connectivity index (χ0) is 33.5. The van der Waals surface area contributed by atoms with Crippen LogP contribution < -0.4 is 4.90 Å². The van der Waals surface area contributed by atoms with Crippen molar-refractivity contribution in [3.63, 3.8) is 0 Å². The van der Waals surface area contributed by atoms with Crippen molar-refractivity contribution in [2.75, 3.05) is 4.90 Å². The van der Waals surface area contributed by atoms with Gasteiger partial charge in [-0.15, -0.1) is 0 Å².